The molecule has 1 atom stereocenters. The van der Waals surface area contributed by atoms with E-state index in [2.05, 4.69) is 16.6 Å². The third-order valence-corrected chi connectivity index (χ3v) is 3.51. The van der Waals surface area contributed by atoms with E-state index < -0.39 is 17.1 Å². The molecule has 0 fully saturated rings. The van der Waals surface area contributed by atoms with E-state index in [1.807, 2.05) is 37.3 Å². The fraction of sp³-hybridized carbons (Fsp3) is 0.235. The first-order chi connectivity index (χ1) is 11.0. The Morgan fingerprint density at radius 1 is 1.39 bits per heavy atom. The molecule has 0 aliphatic heterocycles. The van der Waals surface area contributed by atoms with Crippen molar-refractivity contribution in [3.63, 3.8) is 0 Å². The number of aromatic nitrogens is 2. The summed E-state index contributed by atoms with van der Waals surface area (Å²) < 4.78 is 1.04. The smallest absolute Gasteiger partial charge is 0.331 e. The lowest BCUT2D eigenvalue weighted by Gasteiger charge is -2.12. The van der Waals surface area contributed by atoms with Gasteiger partial charge in [0.15, 0.2) is 0 Å². The molecule has 120 valence electrons. The Hall–Kier alpha value is -2.89. The minimum Gasteiger partial charge on any atom is -0.494 e. The third kappa shape index (κ3) is 3.48. The molecule has 0 aliphatic carbocycles. The summed E-state index contributed by atoms with van der Waals surface area (Å²) in [7, 11) is 0. The van der Waals surface area contributed by atoms with Crippen molar-refractivity contribution < 1.29 is 5.11 Å². The number of allylic oxidation sites excluding steroid dienone is 1. The SMILES string of the molecule is C=CCn1c(O)c(C(C)=NC(C)c2ccccc2)c(=O)[nH]c1=O. The van der Waals surface area contributed by atoms with E-state index in [1.54, 1.807) is 6.92 Å². The van der Waals surface area contributed by atoms with Crippen molar-refractivity contribution in [3.05, 3.63) is 75.0 Å². The van der Waals surface area contributed by atoms with Gasteiger partial charge in [0.1, 0.15) is 5.56 Å². The van der Waals surface area contributed by atoms with Gasteiger partial charge >= 0.3 is 5.69 Å². The molecule has 0 radical (unpaired) electrons. The number of nitrogens with one attached hydrogen (secondary N) is 1. The Bertz CT molecular complexity index is 848. The number of aliphatic imine (C=N–C) groups is 1. The molecule has 0 bridgehead atoms. The van der Waals surface area contributed by atoms with Crippen LogP contribution in [0.25, 0.3) is 0 Å². The van der Waals surface area contributed by atoms with Crippen molar-refractivity contribution in [2.75, 3.05) is 0 Å². The zero-order valence-corrected chi connectivity index (χ0v) is 13.1. The summed E-state index contributed by atoms with van der Waals surface area (Å²) in [5, 5.41) is 10.2. The highest BCUT2D eigenvalue weighted by molar-refractivity contribution is 6.00. The van der Waals surface area contributed by atoms with Crippen molar-refractivity contribution in [3.8, 4) is 5.88 Å². The molecular formula is C17H19N3O3. The highest BCUT2D eigenvalue weighted by atomic mass is 16.3. The largest absolute Gasteiger partial charge is 0.494 e. The Balaban J connectivity index is 2.51. The van der Waals surface area contributed by atoms with E-state index in [4.69, 9.17) is 0 Å². The average Bonchev–Trinajstić information content (AvgIpc) is 2.52. The van der Waals surface area contributed by atoms with Crippen LogP contribution in [0.5, 0.6) is 5.88 Å². The number of aromatic hydroxyl groups is 1. The van der Waals surface area contributed by atoms with Crippen LogP contribution in [0.15, 0.2) is 57.6 Å². The maximum absolute atomic E-state index is 12.0. The Morgan fingerprint density at radius 3 is 2.65 bits per heavy atom. The number of hydrogen-bond donors (Lipinski definition) is 2. The van der Waals surface area contributed by atoms with Crippen LogP contribution in [0.1, 0.15) is 31.0 Å². The highest BCUT2D eigenvalue weighted by Gasteiger charge is 2.17. The molecule has 6 heteroatoms. The molecule has 0 saturated heterocycles. The first kappa shape index (κ1) is 16.5. The first-order valence-corrected chi connectivity index (χ1v) is 7.22. The average molecular weight is 313 g/mol. The lowest BCUT2D eigenvalue weighted by atomic mass is 10.1. The molecular weight excluding hydrogens is 294 g/mol. The molecule has 1 aromatic carbocycles. The molecule has 1 heterocycles. The van der Waals surface area contributed by atoms with Gasteiger partial charge in [0.2, 0.25) is 5.88 Å². The van der Waals surface area contributed by atoms with Gasteiger partial charge in [-0.25, -0.2) is 4.79 Å². The maximum atomic E-state index is 12.0. The van der Waals surface area contributed by atoms with Gasteiger partial charge in [0, 0.05) is 6.54 Å². The first-order valence-electron chi connectivity index (χ1n) is 7.22. The third-order valence-electron chi connectivity index (χ3n) is 3.51. The molecule has 6 nitrogen and oxygen atoms in total. The quantitative estimate of drug-likeness (QED) is 0.654. The Labute approximate surface area is 133 Å². The molecule has 2 rings (SSSR count). The summed E-state index contributed by atoms with van der Waals surface area (Å²) in [6.45, 7) is 7.15. The van der Waals surface area contributed by atoms with Gasteiger partial charge in [-0.05, 0) is 19.4 Å². The van der Waals surface area contributed by atoms with E-state index in [1.165, 1.54) is 6.08 Å². The fourth-order valence-electron chi connectivity index (χ4n) is 2.35. The van der Waals surface area contributed by atoms with Crippen LogP contribution < -0.4 is 11.2 Å². The standard InChI is InChI=1S/C17H19N3O3/c1-4-10-20-16(22)14(15(21)19-17(20)23)12(3)18-11(2)13-8-6-5-7-9-13/h4-9,11,22H,1,10H2,2-3H3,(H,19,21,23). The zero-order valence-electron chi connectivity index (χ0n) is 13.1. The number of hydrogen-bond acceptors (Lipinski definition) is 4. The van der Waals surface area contributed by atoms with E-state index in [0.29, 0.717) is 5.71 Å². The van der Waals surface area contributed by atoms with E-state index >= 15 is 0 Å². The zero-order chi connectivity index (χ0) is 17.0. The molecule has 1 aromatic heterocycles. The lowest BCUT2D eigenvalue weighted by molar-refractivity contribution is 0.409. The number of rotatable bonds is 5. The molecule has 0 amide bonds. The van der Waals surface area contributed by atoms with Crippen LogP contribution in [0, 0.1) is 0 Å². The van der Waals surface area contributed by atoms with Crippen LogP contribution in [0.2, 0.25) is 0 Å². The van der Waals surface area contributed by atoms with Gasteiger partial charge in [0.05, 0.1) is 11.8 Å². The van der Waals surface area contributed by atoms with E-state index in [9.17, 15) is 14.7 Å². The van der Waals surface area contributed by atoms with Crippen molar-refractivity contribution in [1.82, 2.24) is 9.55 Å². The normalized spacial score (nSPS) is 12.9. The van der Waals surface area contributed by atoms with E-state index in [0.717, 1.165) is 10.1 Å². The number of benzene rings is 1. The second kappa shape index (κ2) is 6.91. The van der Waals surface area contributed by atoms with E-state index in [-0.39, 0.29) is 18.2 Å². The number of nitrogens with zero attached hydrogens (tertiary/aromatic N) is 2. The van der Waals surface area contributed by atoms with Crippen LogP contribution in [-0.2, 0) is 6.54 Å². The second-order valence-corrected chi connectivity index (χ2v) is 5.16. The Morgan fingerprint density at radius 2 is 2.04 bits per heavy atom. The number of aromatic amines is 1. The molecule has 2 aromatic rings. The summed E-state index contributed by atoms with van der Waals surface area (Å²) in [5.74, 6) is -0.403. The number of H-pyrrole nitrogens is 1. The van der Waals surface area contributed by atoms with Gasteiger partial charge < -0.3 is 5.11 Å². The van der Waals surface area contributed by atoms with Crippen molar-refractivity contribution in [2.24, 2.45) is 4.99 Å². The molecule has 2 N–H and O–H groups in total. The molecule has 0 saturated carbocycles. The fourth-order valence-corrected chi connectivity index (χ4v) is 2.35. The summed E-state index contributed by atoms with van der Waals surface area (Å²) in [6, 6.07) is 9.41. The second-order valence-electron chi connectivity index (χ2n) is 5.16. The summed E-state index contributed by atoms with van der Waals surface area (Å²) in [6.07, 6.45) is 1.46. The minimum absolute atomic E-state index is 0.00534. The van der Waals surface area contributed by atoms with Crippen molar-refractivity contribution in [1.29, 1.82) is 0 Å². The topological polar surface area (TPSA) is 87.4 Å². The van der Waals surface area contributed by atoms with Crippen LogP contribution in [-0.4, -0.2) is 20.4 Å². The summed E-state index contributed by atoms with van der Waals surface area (Å²) in [5.41, 5.74) is 0.00343. The predicted octanol–water partition coefficient (Wildman–Crippen LogP) is 2.00. The van der Waals surface area contributed by atoms with Gasteiger partial charge in [-0.2, -0.15) is 0 Å². The highest BCUT2D eigenvalue weighted by Crippen LogP contribution is 2.19. The van der Waals surface area contributed by atoms with Gasteiger partial charge in [-0.3, -0.25) is 19.3 Å². The Kier molecular flexibility index (Phi) is 4.95. The lowest BCUT2D eigenvalue weighted by Crippen LogP contribution is -2.33. The van der Waals surface area contributed by atoms with Gasteiger partial charge in [-0.15, -0.1) is 6.58 Å². The summed E-state index contributed by atoms with van der Waals surface area (Å²) in [4.78, 5) is 30.4. The molecule has 1 unspecified atom stereocenters. The van der Waals surface area contributed by atoms with Gasteiger partial charge in [0.25, 0.3) is 5.56 Å². The predicted molar refractivity (Wildman–Crippen MR) is 90.3 cm³/mol. The van der Waals surface area contributed by atoms with Crippen molar-refractivity contribution >= 4 is 5.71 Å². The molecule has 23 heavy (non-hydrogen) atoms. The van der Waals surface area contributed by atoms with Crippen LogP contribution in [0.3, 0.4) is 0 Å². The molecule has 0 spiro atoms. The van der Waals surface area contributed by atoms with Gasteiger partial charge in [-0.1, -0.05) is 36.4 Å². The van der Waals surface area contributed by atoms with Crippen molar-refractivity contribution in [2.45, 2.75) is 26.4 Å². The van der Waals surface area contributed by atoms with Crippen LogP contribution >= 0.6 is 0 Å². The molecule has 0 aliphatic rings. The van der Waals surface area contributed by atoms with Crippen LogP contribution in [0.4, 0.5) is 0 Å². The monoisotopic (exact) mass is 313 g/mol. The maximum Gasteiger partial charge on any atom is 0.331 e. The minimum atomic E-state index is -0.681. The summed E-state index contributed by atoms with van der Waals surface area (Å²) >= 11 is 0.